The first-order chi connectivity index (χ1) is 16.2. The van der Waals surface area contributed by atoms with Gasteiger partial charge in [0.15, 0.2) is 0 Å². The molecule has 1 amide bonds. The molecule has 0 atom stereocenters. The minimum atomic E-state index is -4.48. The van der Waals surface area contributed by atoms with Gasteiger partial charge < -0.3 is 9.73 Å². The Morgan fingerprint density at radius 2 is 1.85 bits per heavy atom. The van der Waals surface area contributed by atoms with Crippen molar-refractivity contribution in [3.8, 4) is 23.1 Å². The summed E-state index contributed by atoms with van der Waals surface area (Å²) in [5.41, 5.74) is 0.563. The number of anilines is 1. The van der Waals surface area contributed by atoms with Crippen LogP contribution >= 0.6 is 0 Å². The molecular formula is C25H17F3N4O2. The summed E-state index contributed by atoms with van der Waals surface area (Å²) in [6, 6.07) is 20.3. The standard InChI is InChI=1S/C25H17F3N4O2/c1-16-12-23(32(31-16)20-8-3-2-4-9-20)30-24(33)18(15-29)14-21-10-11-22(34-21)17-6-5-7-19(13-17)25(26,27)28/h2-14H,1H3,(H,30,33)/b18-14+. The van der Waals surface area contributed by atoms with Crippen LogP contribution in [0, 0.1) is 18.3 Å². The van der Waals surface area contributed by atoms with Crippen molar-refractivity contribution in [3.63, 3.8) is 0 Å². The van der Waals surface area contributed by atoms with E-state index >= 15 is 0 Å². The van der Waals surface area contributed by atoms with Crippen LogP contribution in [0.15, 0.2) is 82.8 Å². The molecule has 0 unspecified atom stereocenters. The minimum absolute atomic E-state index is 0.145. The Labute approximate surface area is 192 Å². The Balaban J connectivity index is 1.57. The van der Waals surface area contributed by atoms with E-state index in [0.717, 1.165) is 17.8 Å². The van der Waals surface area contributed by atoms with Gasteiger partial charge in [-0.25, -0.2) is 4.68 Å². The van der Waals surface area contributed by atoms with E-state index in [1.807, 2.05) is 36.4 Å². The molecule has 0 bridgehead atoms. The molecule has 0 aliphatic carbocycles. The van der Waals surface area contributed by atoms with Crippen LogP contribution in [0.3, 0.4) is 0 Å². The monoisotopic (exact) mass is 462 g/mol. The highest BCUT2D eigenvalue weighted by Gasteiger charge is 2.30. The predicted octanol–water partition coefficient (Wildman–Crippen LogP) is 6.01. The van der Waals surface area contributed by atoms with Crippen molar-refractivity contribution in [2.45, 2.75) is 13.1 Å². The van der Waals surface area contributed by atoms with Gasteiger partial charge >= 0.3 is 6.18 Å². The van der Waals surface area contributed by atoms with Crippen LogP contribution in [0.4, 0.5) is 19.0 Å². The van der Waals surface area contributed by atoms with E-state index < -0.39 is 17.6 Å². The molecule has 0 saturated carbocycles. The number of carbonyl (C=O) groups excluding carboxylic acids is 1. The van der Waals surface area contributed by atoms with Gasteiger partial charge in [-0.1, -0.05) is 30.3 Å². The van der Waals surface area contributed by atoms with Gasteiger partial charge in [0.2, 0.25) is 0 Å². The SMILES string of the molecule is Cc1cc(NC(=O)/C(C#N)=C/c2ccc(-c3cccc(C(F)(F)F)c3)o2)n(-c2ccccc2)n1. The zero-order valence-electron chi connectivity index (χ0n) is 17.8. The first-order valence-corrected chi connectivity index (χ1v) is 10.1. The smallest absolute Gasteiger partial charge is 0.416 e. The van der Waals surface area contributed by atoms with Crippen LogP contribution in [-0.2, 0) is 11.0 Å². The first kappa shape index (κ1) is 22.6. The topological polar surface area (TPSA) is 83.9 Å². The summed E-state index contributed by atoms with van der Waals surface area (Å²) < 4.78 is 46.1. The molecule has 170 valence electrons. The maximum atomic E-state index is 13.0. The fourth-order valence-corrected chi connectivity index (χ4v) is 3.26. The molecule has 4 aromatic rings. The summed E-state index contributed by atoms with van der Waals surface area (Å²) in [5.74, 6) is 0.00948. The Morgan fingerprint density at radius 3 is 2.56 bits per heavy atom. The van der Waals surface area contributed by atoms with Gasteiger partial charge in [0.25, 0.3) is 5.91 Å². The molecule has 0 aliphatic heterocycles. The summed E-state index contributed by atoms with van der Waals surface area (Å²) in [6.45, 7) is 1.77. The average molecular weight is 462 g/mol. The number of aryl methyl sites for hydroxylation is 1. The number of carbonyl (C=O) groups is 1. The number of hydrogen-bond donors (Lipinski definition) is 1. The summed E-state index contributed by atoms with van der Waals surface area (Å²) in [6.07, 6.45) is -3.26. The van der Waals surface area contributed by atoms with Crippen molar-refractivity contribution >= 4 is 17.8 Å². The van der Waals surface area contributed by atoms with E-state index in [2.05, 4.69) is 10.4 Å². The molecule has 0 saturated heterocycles. The Bertz CT molecular complexity index is 1410. The first-order valence-electron chi connectivity index (χ1n) is 10.1. The van der Waals surface area contributed by atoms with Crippen LogP contribution < -0.4 is 5.32 Å². The maximum Gasteiger partial charge on any atom is 0.416 e. The summed E-state index contributed by atoms with van der Waals surface area (Å²) in [5, 5.41) is 16.5. The molecule has 2 aromatic heterocycles. The Hall–Kier alpha value is -4.58. The van der Waals surface area contributed by atoms with Gasteiger partial charge in [-0.15, -0.1) is 0 Å². The highest BCUT2D eigenvalue weighted by atomic mass is 19.4. The second-order valence-electron chi connectivity index (χ2n) is 7.32. The van der Waals surface area contributed by atoms with E-state index in [1.54, 1.807) is 17.7 Å². The molecule has 0 aliphatic rings. The lowest BCUT2D eigenvalue weighted by atomic mass is 10.1. The fourth-order valence-electron chi connectivity index (χ4n) is 3.26. The van der Waals surface area contributed by atoms with E-state index in [-0.39, 0.29) is 22.7 Å². The quantitative estimate of drug-likeness (QED) is 0.291. The number of amides is 1. The lowest BCUT2D eigenvalue weighted by Gasteiger charge is -2.08. The lowest BCUT2D eigenvalue weighted by Crippen LogP contribution is -2.16. The molecule has 0 radical (unpaired) electrons. The fraction of sp³-hybridized carbons (Fsp3) is 0.0800. The van der Waals surface area contributed by atoms with E-state index in [9.17, 15) is 23.2 Å². The molecule has 2 aromatic carbocycles. The molecule has 34 heavy (non-hydrogen) atoms. The summed E-state index contributed by atoms with van der Waals surface area (Å²) >= 11 is 0. The van der Waals surface area contributed by atoms with Gasteiger partial charge in [0, 0.05) is 17.7 Å². The summed E-state index contributed by atoms with van der Waals surface area (Å²) in [7, 11) is 0. The number of furan rings is 1. The molecule has 9 heteroatoms. The minimum Gasteiger partial charge on any atom is -0.457 e. The number of para-hydroxylation sites is 1. The number of nitrogens with zero attached hydrogens (tertiary/aromatic N) is 3. The highest BCUT2D eigenvalue weighted by molar-refractivity contribution is 6.09. The van der Waals surface area contributed by atoms with Crippen molar-refractivity contribution < 1.29 is 22.4 Å². The van der Waals surface area contributed by atoms with Gasteiger partial charge in [-0.3, -0.25) is 4.79 Å². The molecule has 2 heterocycles. The number of benzene rings is 2. The van der Waals surface area contributed by atoms with E-state index in [0.29, 0.717) is 11.5 Å². The van der Waals surface area contributed by atoms with Crippen molar-refractivity contribution in [2.75, 3.05) is 5.32 Å². The number of rotatable bonds is 5. The lowest BCUT2D eigenvalue weighted by molar-refractivity contribution is -0.137. The zero-order chi connectivity index (χ0) is 24.3. The van der Waals surface area contributed by atoms with Crippen molar-refractivity contribution in [1.82, 2.24) is 9.78 Å². The second kappa shape index (κ2) is 9.11. The van der Waals surface area contributed by atoms with Crippen LogP contribution in [0.1, 0.15) is 17.0 Å². The number of nitriles is 1. The number of halogens is 3. The van der Waals surface area contributed by atoms with Crippen LogP contribution in [0.5, 0.6) is 0 Å². The number of hydrogen-bond acceptors (Lipinski definition) is 4. The van der Waals surface area contributed by atoms with Crippen LogP contribution in [0.2, 0.25) is 0 Å². The normalized spacial score (nSPS) is 11.8. The second-order valence-corrected chi connectivity index (χ2v) is 7.32. The van der Waals surface area contributed by atoms with Gasteiger partial charge in [0.1, 0.15) is 29.0 Å². The third-order valence-corrected chi connectivity index (χ3v) is 4.83. The van der Waals surface area contributed by atoms with Crippen molar-refractivity contribution in [1.29, 1.82) is 5.26 Å². The average Bonchev–Trinajstić information content (AvgIpc) is 3.44. The van der Waals surface area contributed by atoms with E-state index in [4.69, 9.17) is 4.42 Å². The van der Waals surface area contributed by atoms with Gasteiger partial charge in [-0.05, 0) is 43.3 Å². The Morgan fingerprint density at radius 1 is 1.09 bits per heavy atom. The van der Waals surface area contributed by atoms with Gasteiger partial charge in [0.05, 0.1) is 16.9 Å². The molecule has 0 spiro atoms. The Kier molecular flexibility index (Phi) is 6.06. The zero-order valence-corrected chi connectivity index (χ0v) is 17.8. The predicted molar refractivity (Wildman–Crippen MR) is 120 cm³/mol. The summed E-state index contributed by atoms with van der Waals surface area (Å²) in [4.78, 5) is 12.8. The molecular weight excluding hydrogens is 445 g/mol. The molecule has 1 N–H and O–H groups in total. The molecule has 6 nitrogen and oxygen atoms in total. The molecule has 4 rings (SSSR count). The number of alkyl halides is 3. The third kappa shape index (κ3) is 4.91. The van der Waals surface area contributed by atoms with Crippen molar-refractivity contribution in [3.05, 3.63) is 95.4 Å². The van der Waals surface area contributed by atoms with Crippen molar-refractivity contribution in [2.24, 2.45) is 0 Å². The van der Waals surface area contributed by atoms with Gasteiger partial charge in [-0.2, -0.15) is 23.5 Å². The third-order valence-electron chi connectivity index (χ3n) is 4.83. The van der Waals surface area contributed by atoms with E-state index in [1.165, 1.54) is 30.3 Å². The number of aromatic nitrogens is 2. The van der Waals surface area contributed by atoms with Crippen LogP contribution in [0.25, 0.3) is 23.1 Å². The maximum absolute atomic E-state index is 13.0. The largest absolute Gasteiger partial charge is 0.457 e. The molecule has 0 fully saturated rings. The number of nitrogens with one attached hydrogen (secondary N) is 1. The highest BCUT2D eigenvalue weighted by Crippen LogP contribution is 2.33. The van der Waals surface area contributed by atoms with Crippen LogP contribution in [-0.4, -0.2) is 15.7 Å².